The average Bonchev–Trinajstić information content (AvgIpc) is 2.41. The summed E-state index contributed by atoms with van der Waals surface area (Å²) in [7, 11) is 1.68. The van der Waals surface area contributed by atoms with Gasteiger partial charge in [0.25, 0.3) is 0 Å². The van der Waals surface area contributed by atoms with Crippen molar-refractivity contribution < 1.29 is 9.13 Å². The zero-order valence-corrected chi connectivity index (χ0v) is 10.4. The van der Waals surface area contributed by atoms with Crippen LogP contribution in [0.25, 0.3) is 0 Å². The Morgan fingerprint density at radius 1 is 1.42 bits per heavy atom. The van der Waals surface area contributed by atoms with Crippen LogP contribution in [0.15, 0.2) is 24.4 Å². The number of rotatable bonds is 3. The van der Waals surface area contributed by atoms with E-state index in [1.807, 2.05) is 0 Å². The standard InChI is InChI=1S/C13H11FN4O/c1-8-7-17-13(16-2)18-12(8)19-11-5-3-4-10(14)9(11)6-15/h3-5,7H,1-2H3,(H,16,17,18). The summed E-state index contributed by atoms with van der Waals surface area (Å²) in [6, 6.07) is 5.97. The van der Waals surface area contributed by atoms with Gasteiger partial charge >= 0.3 is 0 Å². The Morgan fingerprint density at radius 2 is 2.21 bits per heavy atom. The number of hydrogen-bond acceptors (Lipinski definition) is 5. The number of halogens is 1. The summed E-state index contributed by atoms with van der Waals surface area (Å²) in [5.41, 5.74) is 0.540. The zero-order valence-electron chi connectivity index (χ0n) is 10.4. The number of nitrogens with zero attached hydrogens (tertiary/aromatic N) is 3. The first-order chi connectivity index (χ1) is 9.15. The van der Waals surface area contributed by atoms with Gasteiger partial charge in [-0.15, -0.1) is 0 Å². The van der Waals surface area contributed by atoms with Crippen molar-refractivity contribution in [3.8, 4) is 17.7 Å². The van der Waals surface area contributed by atoms with E-state index < -0.39 is 5.82 Å². The third-order valence-corrected chi connectivity index (χ3v) is 2.44. The summed E-state index contributed by atoms with van der Waals surface area (Å²) in [5.74, 6) is 0.170. The van der Waals surface area contributed by atoms with E-state index in [-0.39, 0.29) is 17.2 Å². The monoisotopic (exact) mass is 258 g/mol. The summed E-state index contributed by atoms with van der Waals surface area (Å²) < 4.78 is 19.0. The third kappa shape index (κ3) is 2.60. The Bertz CT molecular complexity index is 652. The molecule has 0 radical (unpaired) electrons. The third-order valence-electron chi connectivity index (χ3n) is 2.44. The van der Waals surface area contributed by atoms with E-state index in [1.165, 1.54) is 18.2 Å². The Labute approximate surface area is 109 Å². The maximum Gasteiger partial charge on any atom is 0.227 e. The van der Waals surface area contributed by atoms with Gasteiger partial charge in [0.15, 0.2) is 0 Å². The number of nitrogens with one attached hydrogen (secondary N) is 1. The van der Waals surface area contributed by atoms with Gasteiger partial charge in [0.2, 0.25) is 11.8 Å². The minimum Gasteiger partial charge on any atom is -0.437 e. The summed E-state index contributed by atoms with van der Waals surface area (Å²) in [5, 5.41) is 11.7. The molecule has 0 fully saturated rings. The fourth-order valence-corrected chi connectivity index (χ4v) is 1.45. The molecule has 0 atom stereocenters. The molecule has 0 spiro atoms. The molecule has 2 aromatic rings. The average molecular weight is 258 g/mol. The molecule has 1 heterocycles. The molecular formula is C13H11FN4O. The van der Waals surface area contributed by atoms with E-state index in [9.17, 15) is 4.39 Å². The normalized spacial score (nSPS) is 9.79. The van der Waals surface area contributed by atoms with E-state index in [0.29, 0.717) is 11.5 Å². The topological polar surface area (TPSA) is 70.8 Å². The lowest BCUT2D eigenvalue weighted by molar-refractivity contribution is 0.451. The van der Waals surface area contributed by atoms with Gasteiger partial charge in [-0.3, -0.25) is 0 Å². The lowest BCUT2D eigenvalue weighted by Gasteiger charge is -2.09. The molecule has 0 amide bonds. The van der Waals surface area contributed by atoms with Crippen molar-refractivity contribution in [1.29, 1.82) is 5.26 Å². The molecule has 96 valence electrons. The van der Waals surface area contributed by atoms with Crippen LogP contribution < -0.4 is 10.1 Å². The molecule has 1 aromatic heterocycles. The number of benzene rings is 1. The second kappa shape index (κ2) is 5.31. The Hall–Kier alpha value is -2.68. The molecule has 19 heavy (non-hydrogen) atoms. The Kier molecular flexibility index (Phi) is 3.57. The van der Waals surface area contributed by atoms with Crippen LogP contribution in [-0.2, 0) is 0 Å². The highest BCUT2D eigenvalue weighted by molar-refractivity contribution is 5.46. The van der Waals surface area contributed by atoms with Crippen molar-refractivity contribution in [2.75, 3.05) is 12.4 Å². The van der Waals surface area contributed by atoms with Gasteiger partial charge in [-0.1, -0.05) is 6.07 Å². The quantitative estimate of drug-likeness (QED) is 0.916. The predicted octanol–water partition coefficient (Wildman–Crippen LogP) is 2.63. The second-order valence-corrected chi connectivity index (χ2v) is 3.76. The highest BCUT2D eigenvalue weighted by atomic mass is 19.1. The molecule has 0 aliphatic carbocycles. The molecule has 0 aliphatic rings. The summed E-state index contributed by atoms with van der Waals surface area (Å²) in [6.07, 6.45) is 1.58. The van der Waals surface area contributed by atoms with Crippen LogP contribution >= 0.6 is 0 Å². The van der Waals surface area contributed by atoms with Crippen LogP contribution in [0.5, 0.6) is 11.6 Å². The molecule has 0 aliphatic heterocycles. The Morgan fingerprint density at radius 3 is 2.89 bits per heavy atom. The van der Waals surface area contributed by atoms with Crippen molar-refractivity contribution in [3.63, 3.8) is 0 Å². The molecule has 6 heteroatoms. The maximum atomic E-state index is 13.5. The van der Waals surface area contributed by atoms with E-state index in [1.54, 1.807) is 26.2 Å². The number of ether oxygens (including phenoxy) is 1. The predicted molar refractivity (Wildman–Crippen MR) is 67.5 cm³/mol. The van der Waals surface area contributed by atoms with Crippen molar-refractivity contribution in [2.45, 2.75) is 6.92 Å². The molecule has 1 N–H and O–H groups in total. The summed E-state index contributed by atoms with van der Waals surface area (Å²) in [4.78, 5) is 8.13. The van der Waals surface area contributed by atoms with Gasteiger partial charge in [0, 0.05) is 18.8 Å². The first-order valence-corrected chi connectivity index (χ1v) is 5.53. The maximum absolute atomic E-state index is 13.5. The number of aryl methyl sites for hydroxylation is 1. The van der Waals surface area contributed by atoms with Crippen molar-refractivity contribution in [3.05, 3.63) is 41.3 Å². The lowest BCUT2D eigenvalue weighted by Crippen LogP contribution is -2.00. The molecule has 0 bridgehead atoms. The van der Waals surface area contributed by atoms with Gasteiger partial charge in [-0.05, 0) is 19.1 Å². The van der Waals surface area contributed by atoms with E-state index in [2.05, 4.69) is 15.3 Å². The molecule has 1 aromatic carbocycles. The molecule has 0 unspecified atom stereocenters. The molecule has 5 nitrogen and oxygen atoms in total. The first kappa shape index (κ1) is 12.8. The van der Waals surface area contributed by atoms with Crippen molar-refractivity contribution in [2.24, 2.45) is 0 Å². The Balaban J connectivity index is 2.42. The molecular weight excluding hydrogens is 247 g/mol. The largest absolute Gasteiger partial charge is 0.437 e. The van der Waals surface area contributed by atoms with Crippen LogP contribution in [0.2, 0.25) is 0 Å². The number of nitriles is 1. The van der Waals surface area contributed by atoms with Crippen molar-refractivity contribution in [1.82, 2.24) is 9.97 Å². The fourth-order valence-electron chi connectivity index (χ4n) is 1.45. The van der Waals surface area contributed by atoms with Crippen molar-refractivity contribution >= 4 is 5.95 Å². The number of hydrogen-bond donors (Lipinski definition) is 1. The number of anilines is 1. The smallest absolute Gasteiger partial charge is 0.227 e. The SMILES string of the molecule is CNc1ncc(C)c(Oc2cccc(F)c2C#N)n1. The van der Waals surface area contributed by atoms with E-state index in [0.717, 1.165) is 0 Å². The summed E-state index contributed by atoms with van der Waals surface area (Å²) in [6.45, 7) is 1.76. The molecule has 2 rings (SSSR count). The minimum atomic E-state index is -0.624. The molecule has 0 saturated heterocycles. The second-order valence-electron chi connectivity index (χ2n) is 3.76. The van der Waals surface area contributed by atoms with Crippen LogP contribution in [-0.4, -0.2) is 17.0 Å². The van der Waals surface area contributed by atoms with Gasteiger partial charge in [0.1, 0.15) is 23.2 Å². The van der Waals surface area contributed by atoms with Gasteiger partial charge in [-0.2, -0.15) is 10.2 Å². The van der Waals surface area contributed by atoms with Gasteiger partial charge < -0.3 is 10.1 Å². The number of aromatic nitrogens is 2. The van der Waals surface area contributed by atoms with Crippen LogP contribution in [0, 0.1) is 24.1 Å². The van der Waals surface area contributed by atoms with Gasteiger partial charge in [-0.25, -0.2) is 9.37 Å². The lowest BCUT2D eigenvalue weighted by atomic mass is 10.2. The minimum absolute atomic E-state index is 0.131. The summed E-state index contributed by atoms with van der Waals surface area (Å²) >= 11 is 0. The fraction of sp³-hybridized carbons (Fsp3) is 0.154. The van der Waals surface area contributed by atoms with Crippen LogP contribution in [0.3, 0.4) is 0 Å². The molecule has 0 saturated carbocycles. The first-order valence-electron chi connectivity index (χ1n) is 5.53. The van der Waals surface area contributed by atoms with E-state index in [4.69, 9.17) is 10.00 Å². The highest BCUT2D eigenvalue weighted by Gasteiger charge is 2.12. The highest BCUT2D eigenvalue weighted by Crippen LogP contribution is 2.27. The van der Waals surface area contributed by atoms with Crippen LogP contribution in [0.4, 0.5) is 10.3 Å². The zero-order chi connectivity index (χ0) is 13.8. The van der Waals surface area contributed by atoms with Gasteiger partial charge in [0.05, 0.1) is 0 Å². The van der Waals surface area contributed by atoms with E-state index >= 15 is 0 Å². The van der Waals surface area contributed by atoms with Crippen LogP contribution in [0.1, 0.15) is 11.1 Å².